The molecule has 1 aliphatic rings. The Morgan fingerprint density at radius 2 is 1.96 bits per heavy atom. The molecule has 2 atom stereocenters. The molecule has 1 fully saturated rings. The van der Waals surface area contributed by atoms with Crippen molar-refractivity contribution in [3.8, 4) is 0 Å². The van der Waals surface area contributed by atoms with E-state index in [1.807, 2.05) is 0 Å². The predicted molar refractivity (Wildman–Crippen MR) is 72.3 cm³/mol. The number of alkyl halides is 3. The maximum Gasteiger partial charge on any atom is 0.417 e. The monoisotopic (exact) mass is 333 g/mol. The van der Waals surface area contributed by atoms with Gasteiger partial charge in [0.2, 0.25) is 0 Å². The van der Waals surface area contributed by atoms with Crippen molar-refractivity contribution in [1.82, 2.24) is 4.90 Å². The Kier molecular flexibility index (Phi) is 4.63. The van der Waals surface area contributed by atoms with Gasteiger partial charge in [-0.25, -0.2) is 4.39 Å². The number of piperidine rings is 1. The van der Waals surface area contributed by atoms with Crippen LogP contribution in [0, 0.1) is 11.7 Å². The van der Waals surface area contributed by atoms with Gasteiger partial charge in [0.1, 0.15) is 5.82 Å². The molecule has 1 aromatic rings. The maximum absolute atomic E-state index is 13.9. The minimum atomic E-state index is -4.85. The largest absolute Gasteiger partial charge is 0.481 e. The third kappa shape index (κ3) is 3.46. The van der Waals surface area contributed by atoms with Crippen LogP contribution >= 0.6 is 0 Å². The number of carboxylic acid groups (broad SMARTS) is 1. The van der Waals surface area contributed by atoms with E-state index in [1.165, 1.54) is 0 Å². The molecule has 0 saturated carbocycles. The zero-order valence-electron chi connectivity index (χ0n) is 12.2. The van der Waals surface area contributed by atoms with E-state index >= 15 is 0 Å². The molecular formula is C15H15F4NO3. The highest BCUT2D eigenvalue weighted by molar-refractivity contribution is 5.96. The Balaban J connectivity index is 2.33. The Hall–Kier alpha value is -2.12. The number of aliphatic carboxylic acids is 1. The second-order valence-corrected chi connectivity index (χ2v) is 5.57. The molecule has 8 heteroatoms. The first kappa shape index (κ1) is 17.2. The van der Waals surface area contributed by atoms with Crippen LogP contribution in [0.4, 0.5) is 17.6 Å². The van der Waals surface area contributed by atoms with Gasteiger partial charge in [-0.3, -0.25) is 9.59 Å². The number of hydrogen-bond donors (Lipinski definition) is 1. The summed E-state index contributed by atoms with van der Waals surface area (Å²) in [5.74, 6) is -3.97. The van der Waals surface area contributed by atoms with Gasteiger partial charge in [-0.2, -0.15) is 13.2 Å². The fourth-order valence-electron chi connectivity index (χ4n) is 2.82. The highest BCUT2D eigenvalue weighted by Gasteiger charge is 2.40. The van der Waals surface area contributed by atoms with E-state index in [-0.39, 0.29) is 19.4 Å². The van der Waals surface area contributed by atoms with Crippen molar-refractivity contribution in [3.05, 3.63) is 35.1 Å². The van der Waals surface area contributed by atoms with E-state index in [4.69, 9.17) is 5.11 Å². The number of hydrogen-bond acceptors (Lipinski definition) is 2. The molecule has 0 radical (unpaired) electrons. The number of rotatable bonds is 2. The molecule has 1 amide bonds. The Morgan fingerprint density at radius 3 is 2.48 bits per heavy atom. The predicted octanol–water partition coefficient (Wildman–Crippen LogP) is 3.17. The number of halogens is 4. The van der Waals surface area contributed by atoms with Gasteiger partial charge in [0.25, 0.3) is 5.91 Å². The smallest absolute Gasteiger partial charge is 0.417 e. The zero-order chi connectivity index (χ0) is 17.4. The Morgan fingerprint density at radius 1 is 1.30 bits per heavy atom. The van der Waals surface area contributed by atoms with Gasteiger partial charge in [0, 0.05) is 12.6 Å². The molecule has 1 aromatic carbocycles. The third-order valence-electron chi connectivity index (χ3n) is 4.02. The number of carbonyl (C=O) groups excluding carboxylic acids is 1. The number of carbonyl (C=O) groups is 2. The first-order chi connectivity index (χ1) is 10.6. The molecule has 126 valence electrons. The van der Waals surface area contributed by atoms with Crippen LogP contribution in [-0.2, 0) is 11.0 Å². The molecule has 0 unspecified atom stereocenters. The lowest BCUT2D eigenvalue weighted by molar-refractivity contribution is -0.143. The molecule has 1 heterocycles. The van der Waals surface area contributed by atoms with E-state index in [9.17, 15) is 27.2 Å². The summed E-state index contributed by atoms with van der Waals surface area (Å²) < 4.78 is 52.9. The summed E-state index contributed by atoms with van der Waals surface area (Å²) in [6.07, 6.45) is -4.60. The summed E-state index contributed by atoms with van der Waals surface area (Å²) in [7, 11) is 0. The lowest BCUT2D eigenvalue weighted by Gasteiger charge is -2.36. The maximum atomic E-state index is 13.9. The fraction of sp³-hybridized carbons (Fsp3) is 0.467. The number of amides is 1. The summed E-state index contributed by atoms with van der Waals surface area (Å²) in [6, 6.07) is 1.77. The summed E-state index contributed by atoms with van der Waals surface area (Å²) in [5.41, 5.74) is -2.34. The normalized spacial score (nSPS) is 22.0. The first-order valence-corrected chi connectivity index (χ1v) is 7.02. The van der Waals surface area contributed by atoms with Crippen LogP contribution in [0.3, 0.4) is 0 Å². The summed E-state index contributed by atoms with van der Waals surface area (Å²) in [6.45, 7) is 1.52. The second kappa shape index (κ2) is 6.17. The van der Waals surface area contributed by atoms with E-state index < -0.39 is 47.0 Å². The zero-order valence-corrected chi connectivity index (χ0v) is 12.2. The number of likely N-dealkylation sites (tertiary alicyclic amines) is 1. The van der Waals surface area contributed by atoms with Crippen LogP contribution in [0.1, 0.15) is 35.7 Å². The van der Waals surface area contributed by atoms with Crippen LogP contribution in [0.2, 0.25) is 0 Å². The van der Waals surface area contributed by atoms with Crippen LogP contribution in [-0.4, -0.2) is 34.5 Å². The van der Waals surface area contributed by atoms with Crippen LogP contribution in [0.15, 0.2) is 18.2 Å². The van der Waals surface area contributed by atoms with Crippen molar-refractivity contribution < 1.29 is 32.3 Å². The molecule has 1 N–H and O–H groups in total. The number of carboxylic acids is 1. The lowest BCUT2D eigenvalue weighted by Crippen LogP contribution is -2.46. The Labute approximate surface area is 129 Å². The highest BCUT2D eigenvalue weighted by atomic mass is 19.4. The van der Waals surface area contributed by atoms with Gasteiger partial charge in [0.05, 0.1) is 17.0 Å². The van der Waals surface area contributed by atoms with Crippen molar-refractivity contribution >= 4 is 11.9 Å². The van der Waals surface area contributed by atoms with E-state index in [2.05, 4.69) is 0 Å². The number of benzene rings is 1. The fourth-order valence-corrected chi connectivity index (χ4v) is 2.82. The molecule has 4 nitrogen and oxygen atoms in total. The first-order valence-electron chi connectivity index (χ1n) is 7.02. The van der Waals surface area contributed by atoms with Crippen LogP contribution < -0.4 is 0 Å². The van der Waals surface area contributed by atoms with Crippen molar-refractivity contribution in [2.75, 3.05) is 6.54 Å². The van der Waals surface area contributed by atoms with Gasteiger partial charge >= 0.3 is 12.1 Å². The van der Waals surface area contributed by atoms with Gasteiger partial charge in [0.15, 0.2) is 0 Å². The van der Waals surface area contributed by atoms with Gasteiger partial charge in [-0.05, 0) is 31.9 Å². The molecule has 0 spiro atoms. The topological polar surface area (TPSA) is 57.6 Å². The molecule has 0 aliphatic carbocycles. The summed E-state index contributed by atoms with van der Waals surface area (Å²) in [4.78, 5) is 24.5. The number of nitrogens with zero attached hydrogens (tertiary/aromatic N) is 1. The van der Waals surface area contributed by atoms with Crippen molar-refractivity contribution in [2.24, 2.45) is 5.92 Å². The summed E-state index contributed by atoms with van der Waals surface area (Å²) >= 11 is 0. The molecule has 2 rings (SSSR count). The minimum absolute atomic E-state index is 0.0252. The second-order valence-electron chi connectivity index (χ2n) is 5.57. The molecule has 1 aliphatic heterocycles. The third-order valence-corrected chi connectivity index (χ3v) is 4.02. The molecule has 0 bridgehead atoms. The Bertz CT molecular complexity index is 630. The molecule has 1 saturated heterocycles. The van der Waals surface area contributed by atoms with Gasteiger partial charge in [-0.1, -0.05) is 6.07 Å². The van der Waals surface area contributed by atoms with Crippen molar-refractivity contribution in [1.29, 1.82) is 0 Å². The average molecular weight is 333 g/mol. The van der Waals surface area contributed by atoms with Gasteiger partial charge in [-0.15, -0.1) is 0 Å². The molecular weight excluding hydrogens is 318 g/mol. The van der Waals surface area contributed by atoms with Crippen LogP contribution in [0.25, 0.3) is 0 Å². The van der Waals surface area contributed by atoms with Gasteiger partial charge < -0.3 is 10.0 Å². The standard InChI is InChI=1S/C15H15F4NO3/c1-8-7-9(14(22)23)5-6-20(8)13(21)12-10(15(17,18)19)3-2-4-11(12)16/h2-4,8-9H,5-7H2,1H3,(H,22,23)/t8-,9-/m1/s1. The van der Waals surface area contributed by atoms with Crippen LogP contribution in [0.5, 0.6) is 0 Å². The SMILES string of the molecule is C[C@@H]1C[C@H](C(=O)O)CCN1C(=O)c1c(F)cccc1C(F)(F)F. The quantitative estimate of drug-likeness (QED) is 0.846. The lowest BCUT2D eigenvalue weighted by atomic mass is 9.91. The molecule has 0 aromatic heterocycles. The van der Waals surface area contributed by atoms with E-state index in [0.717, 1.165) is 17.0 Å². The minimum Gasteiger partial charge on any atom is -0.481 e. The summed E-state index contributed by atoms with van der Waals surface area (Å²) in [5, 5.41) is 8.98. The van der Waals surface area contributed by atoms with Crippen molar-refractivity contribution in [2.45, 2.75) is 32.0 Å². The van der Waals surface area contributed by atoms with E-state index in [0.29, 0.717) is 6.07 Å². The average Bonchev–Trinajstić information content (AvgIpc) is 2.45. The van der Waals surface area contributed by atoms with E-state index in [1.54, 1.807) is 6.92 Å². The van der Waals surface area contributed by atoms with Crippen molar-refractivity contribution in [3.63, 3.8) is 0 Å². The highest BCUT2D eigenvalue weighted by Crippen LogP contribution is 2.35. The molecule has 23 heavy (non-hydrogen) atoms.